The Morgan fingerprint density at radius 1 is 0.909 bits per heavy atom. The van der Waals surface area contributed by atoms with Crippen molar-refractivity contribution in [1.29, 1.82) is 0 Å². The molecule has 33 heavy (non-hydrogen) atoms. The van der Waals surface area contributed by atoms with Crippen LogP contribution in [0.2, 0.25) is 0 Å². The van der Waals surface area contributed by atoms with Gasteiger partial charge in [-0.05, 0) is 42.0 Å². The molecule has 166 valence electrons. The number of ether oxygens (including phenoxy) is 1. The number of carbonyl (C=O) groups is 1. The maximum Gasteiger partial charge on any atom is 0.321 e. The van der Waals surface area contributed by atoms with E-state index in [-0.39, 0.29) is 0 Å². The Labute approximate surface area is 197 Å². The number of thioether (sulfide) groups is 1. The van der Waals surface area contributed by atoms with Gasteiger partial charge < -0.3 is 14.7 Å². The van der Waals surface area contributed by atoms with Crippen molar-refractivity contribution in [1.82, 2.24) is 4.98 Å². The second kappa shape index (κ2) is 10.2. The van der Waals surface area contributed by atoms with Gasteiger partial charge >= 0.3 is 5.97 Å². The molecular formula is C27H24N2O3S. The Bertz CT molecular complexity index is 1220. The van der Waals surface area contributed by atoms with Crippen molar-refractivity contribution in [3.63, 3.8) is 0 Å². The second-order valence-electron chi connectivity index (χ2n) is 7.39. The fourth-order valence-electron chi connectivity index (χ4n) is 3.52. The summed E-state index contributed by atoms with van der Waals surface area (Å²) in [6.07, 6.45) is 0. The first-order valence-corrected chi connectivity index (χ1v) is 11.3. The van der Waals surface area contributed by atoms with Crippen molar-refractivity contribution in [2.24, 2.45) is 0 Å². The van der Waals surface area contributed by atoms with Gasteiger partial charge in [-0.15, -0.1) is 11.8 Å². The molecule has 0 aliphatic carbocycles. The van der Waals surface area contributed by atoms with Crippen molar-refractivity contribution >= 4 is 29.1 Å². The SMILES string of the molecule is COc1nc(-c2ccccc2)ccc1N(C)c1ccc(SC(C(=O)O)c2ccccc2)cc1. The lowest BCUT2D eigenvalue weighted by Crippen LogP contribution is -2.11. The molecule has 0 fully saturated rings. The number of methoxy groups -OCH3 is 1. The molecule has 0 spiro atoms. The molecule has 5 nitrogen and oxygen atoms in total. The lowest BCUT2D eigenvalue weighted by Gasteiger charge is -2.22. The number of benzene rings is 3. The fourth-order valence-corrected chi connectivity index (χ4v) is 4.48. The zero-order valence-electron chi connectivity index (χ0n) is 18.4. The van der Waals surface area contributed by atoms with Crippen molar-refractivity contribution < 1.29 is 14.6 Å². The van der Waals surface area contributed by atoms with Crippen LogP contribution >= 0.6 is 11.8 Å². The maximum absolute atomic E-state index is 11.8. The third-order valence-electron chi connectivity index (χ3n) is 5.27. The summed E-state index contributed by atoms with van der Waals surface area (Å²) in [5, 5.41) is 9.03. The molecule has 3 aromatic carbocycles. The van der Waals surface area contributed by atoms with Gasteiger partial charge in [0.15, 0.2) is 0 Å². The van der Waals surface area contributed by atoms with Crippen LogP contribution in [0.5, 0.6) is 5.88 Å². The molecule has 1 atom stereocenters. The number of hydrogen-bond donors (Lipinski definition) is 1. The number of carboxylic acid groups (broad SMARTS) is 1. The van der Waals surface area contributed by atoms with Crippen molar-refractivity contribution in [3.05, 3.63) is 103 Å². The first kappa shape index (κ1) is 22.4. The average molecular weight is 457 g/mol. The molecule has 0 saturated carbocycles. The molecule has 0 bridgehead atoms. The Morgan fingerprint density at radius 3 is 2.15 bits per heavy atom. The number of carboxylic acids is 1. The van der Waals surface area contributed by atoms with Crippen LogP contribution in [0.25, 0.3) is 11.3 Å². The van der Waals surface area contributed by atoms with Crippen LogP contribution in [0.1, 0.15) is 10.8 Å². The first-order chi connectivity index (χ1) is 16.1. The van der Waals surface area contributed by atoms with E-state index < -0.39 is 11.2 Å². The van der Waals surface area contributed by atoms with E-state index in [4.69, 9.17) is 4.74 Å². The zero-order valence-corrected chi connectivity index (χ0v) is 19.2. The van der Waals surface area contributed by atoms with Gasteiger partial charge in [0.25, 0.3) is 0 Å². The summed E-state index contributed by atoms with van der Waals surface area (Å²) in [5.41, 5.74) is 4.42. The smallest absolute Gasteiger partial charge is 0.321 e. The Kier molecular flexibility index (Phi) is 6.95. The standard InChI is InChI=1S/C27H24N2O3S/c1-29(24-18-17-23(28-26(24)32-2)19-9-5-3-6-10-19)21-13-15-22(16-14-21)33-25(27(30)31)20-11-7-4-8-12-20/h3-18,25H,1-2H3,(H,30,31). The van der Waals surface area contributed by atoms with Crippen molar-refractivity contribution in [2.45, 2.75) is 10.1 Å². The van der Waals surface area contributed by atoms with Gasteiger partial charge in [-0.3, -0.25) is 4.79 Å². The van der Waals surface area contributed by atoms with Gasteiger partial charge in [-0.25, -0.2) is 4.98 Å². The fraction of sp³-hybridized carbons (Fsp3) is 0.111. The van der Waals surface area contributed by atoms with Gasteiger partial charge in [0.2, 0.25) is 5.88 Å². The van der Waals surface area contributed by atoms with Crippen LogP contribution in [-0.2, 0) is 4.79 Å². The Hall–Kier alpha value is -3.77. The second-order valence-corrected chi connectivity index (χ2v) is 8.57. The Morgan fingerprint density at radius 2 is 1.55 bits per heavy atom. The first-order valence-electron chi connectivity index (χ1n) is 10.5. The van der Waals surface area contributed by atoms with Crippen LogP contribution in [-0.4, -0.2) is 30.2 Å². The highest BCUT2D eigenvalue weighted by Crippen LogP contribution is 2.38. The summed E-state index contributed by atoms with van der Waals surface area (Å²) < 4.78 is 5.58. The highest BCUT2D eigenvalue weighted by Gasteiger charge is 2.21. The molecule has 1 heterocycles. The van der Waals surface area contributed by atoms with Gasteiger partial charge in [0.05, 0.1) is 12.8 Å². The largest absolute Gasteiger partial charge is 0.480 e. The van der Waals surface area contributed by atoms with E-state index in [2.05, 4.69) is 4.98 Å². The molecule has 0 saturated heterocycles. The van der Waals surface area contributed by atoms with Crippen molar-refractivity contribution in [2.75, 3.05) is 19.1 Å². The predicted molar refractivity (Wildman–Crippen MR) is 133 cm³/mol. The lowest BCUT2D eigenvalue weighted by atomic mass is 10.1. The monoisotopic (exact) mass is 456 g/mol. The van der Waals surface area contributed by atoms with E-state index in [0.29, 0.717) is 5.88 Å². The molecule has 0 amide bonds. The highest BCUT2D eigenvalue weighted by atomic mass is 32.2. The van der Waals surface area contributed by atoms with Gasteiger partial charge in [-0.2, -0.15) is 0 Å². The minimum absolute atomic E-state index is 0.535. The predicted octanol–water partition coefficient (Wildman–Crippen LogP) is 6.44. The molecule has 1 aromatic heterocycles. The summed E-state index contributed by atoms with van der Waals surface area (Å²) >= 11 is 1.32. The lowest BCUT2D eigenvalue weighted by molar-refractivity contribution is -0.136. The van der Waals surface area contributed by atoms with E-state index in [0.717, 1.165) is 33.1 Å². The zero-order chi connectivity index (χ0) is 23.2. The number of aromatic nitrogens is 1. The number of hydrogen-bond acceptors (Lipinski definition) is 5. The normalized spacial score (nSPS) is 11.6. The van der Waals surface area contributed by atoms with E-state index in [1.807, 2.05) is 109 Å². The molecule has 1 unspecified atom stereocenters. The molecule has 0 aliphatic rings. The molecule has 4 rings (SSSR count). The summed E-state index contributed by atoms with van der Waals surface area (Å²) in [4.78, 5) is 19.4. The number of anilines is 2. The topological polar surface area (TPSA) is 62.7 Å². The molecular weight excluding hydrogens is 432 g/mol. The summed E-state index contributed by atoms with van der Waals surface area (Å²) in [6.45, 7) is 0. The van der Waals surface area contributed by atoms with Gasteiger partial charge in [-0.1, -0.05) is 60.7 Å². The summed E-state index contributed by atoms with van der Waals surface area (Å²) in [7, 11) is 3.57. The average Bonchev–Trinajstić information content (AvgIpc) is 2.87. The minimum Gasteiger partial charge on any atom is -0.480 e. The molecule has 6 heteroatoms. The van der Waals surface area contributed by atoms with Crippen molar-refractivity contribution in [3.8, 4) is 17.1 Å². The molecule has 1 N–H and O–H groups in total. The number of aliphatic carboxylic acids is 1. The number of nitrogens with zero attached hydrogens (tertiary/aromatic N) is 2. The van der Waals surface area contributed by atoms with E-state index in [1.54, 1.807) is 7.11 Å². The number of rotatable bonds is 8. The maximum atomic E-state index is 11.8. The van der Waals surface area contributed by atoms with Gasteiger partial charge in [0, 0.05) is 23.2 Å². The molecule has 0 aliphatic heterocycles. The quantitative estimate of drug-likeness (QED) is 0.308. The van der Waals surface area contributed by atoms with E-state index >= 15 is 0 Å². The third-order valence-corrected chi connectivity index (χ3v) is 6.52. The minimum atomic E-state index is -0.860. The van der Waals surface area contributed by atoms with Crippen LogP contribution in [0.3, 0.4) is 0 Å². The van der Waals surface area contributed by atoms with Crippen LogP contribution in [0, 0.1) is 0 Å². The number of pyridine rings is 1. The molecule has 4 aromatic rings. The third kappa shape index (κ3) is 5.18. The van der Waals surface area contributed by atoms with Crippen LogP contribution < -0.4 is 9.64 Å². The molecule has 0 radical (unpaired) electrons. The highest BCUT2D eigenvalue weighted by molar-refractivity contribution is 8.00. The summed E-state index contributed by atoms with van der Waals surface area (Å²) in [5.74, 6) is -0.325. The van der Waals surface area contributed by atoms with Gasteiger partial charge in [0.1, 0.15) is 10.9 Å². The van der Waals surface area contributed by atoms with E-state index in [1.165, 1.54) is 11.8 Å². The van der Waals surface area contributed by atoms with E-state index in [9.17, 15) is 9.90 Å². The van der Waals surface area contributed by atoms with Crippen LogP contribution in [0.15, 0.2) is 102 Å². The summed E-state index contributed by atoms with van der Waals surface area (Å²) in [6, 6.07) is 31.0. The van der Waals surface area contributed by atoms with Crippen LogP contribution in [0.4, 0.5) is 11.4 Å². The Balaban J connectivity index is 1.55.